The van der Waals surface area contributed by atoms with Gasteiger partial charge in [0.15, 0.2) is 0 Å². The van der Waals surface area contributed by atoms with Crippen molar-refractivity contribution in [2.75, 3.05) is 13.2 Å². The summed E-state index contributed by atoms with van der Waals surface area (Å²) in [7, 11) is 0. The Bertz CT molecular complexity index is 510. The highest BCUT2D eigenvalue weighted by Crippen LogP contribution is 2.53. The van der Waals surface area contributed by atoms with Crippen LogP contribution in [0.15, 0.2) is 23.1 Å². The fraction of sp³-hybridized carbons (Fsp3) is 0.500. The van der Waals surface area contributed by atoms with Crippen molar-refractivity contribution in [1.29, 1.82) is 0 Å². The van der Waals surface area contributed by atoms with Crippen LogP contribution < -0.4 is 0 Å². The van der Waals surface area contributed by atoms with Gasteiger partial charge in [-0.25, -0.2) is 4.39 Å². The van der Waals surface area contributed by atoms with Crippen LogP contribution in [-0.2, 0) is 11.2 Å². The Balaban J connectivity index is 2.00. The summed E-state index contributed by atoms with van der Waals surface area (Å²) in [5.41, 5.74) is 0.785. The topological polar surface area (TPSA) is 52.4 Å². The first-order valence-electron chi connectivity index (χ1n) is 5.79. The number of nitro groups is 1. The van der Waals surface area contributed by atoms with Crippen LogP contribution in [0, 0.1) is 10.1 Å². The minimum atomic E-state index is -1.07. The molecule has 1 fully saturated rings. The van der Waals surface area contributed by atoms with Gasteiger partial charge in [0.25, 0.3) is 5.69 Å². The number of nitro benzene ring substituents is 1. The Hall–Kier alpha value is -1.14. The summed E-state index contributed by atoms with van der Waals surface area (Å²) in [6, 6.07) is 4.99. The Kier molecular flexibility index (Phi) is 2.79. The van der Waals surface area contributed by atoms with Gasteiger partial charge in [-0.15, -0.1) is 11.8 Å². The highest BCUT2D eigenvalue weighted by atomic mass is 32.2. The van der Waals surface area contributed by atoms with Gasteiger partial charge in [-0.1, -0.05) is 6.07 Å². The zero-order chi connectivity index (χ0) is 12.8. The molecular formula is C12H12FNO3S. The Morgan fingerprint density at radius 3 is 3.11 bits per heavy atom. The summed E-state index contributed by atoms with van der Waals surface area (Å²) < 4.78 is 18.7. The van der Waals surface area contributed by atoms with Gasteiger partial charge in [0.05, 0.1) is 16.3 Å². The van der Waals surface area contributed by atoms with E-state index in [1.165, 1.54) is 17.8 Å². The largest absolute Gasteiger partial charge is 0.378 e. The molecule has 0 radical (unpaired) electrons. The number of fused-ring (bicyclic) bond motifs is 1. The average Bonchev–Trinajstić information content (AvgIpc) is 2.71. The molecule has 6 heteroatoms. The van der Waals surface area contributed by atoms with Crippen molar-refractivity contribution in [3.63, 3.8) is 0 Å². The molecule has 4 nitrogen and oxygen atoms in total. The van der Waals surface area contributed by atoms with E-state index in [0.717, 1.165) is 4.90 Å². The minimum Gasteiger partial charge on any atom is -0.378 e. The summed E-state index contributed by atoms with van der Waals surface area (Å²) in [6.07, 6.45) is -0.0393. The number of halogens is 1. The maximum absolute atomic E-state index is 14.1. The predicted molar refractivity (Wildman–Crippen MR) is 65.7 cm³/mol. The molecular weight excluding hydrogens is 257 g/mol. The molecule has 2 unspecified atom stereocenters. The number of nitrogens with zero attached hydrogens (tertiary/aromatic N) is 1. The maximum Gasteiger partial charge on any atom is 0.273 e. The molecule has 0 N–H and O–H groups in total. The minimum absolute atomic E-state index is 0.0920. The van der Waals surface area contributed by atoms with Crippen LogP contribution in [0.4, 0.5) is 10.1 Å². The van der Waals surface area contributed by atoms with Crippen LogP contribution in [-0.4, -0.2) is 29.1 Å². The number of rotatable bonds is 1. The van der Waals surface area contributed by atoms with E-state index < -0.39 is 10.9 Å². The molecule has 2 aliphatic heterocycles. The lowest BCUT2D eigenvalue weighted by molar-refractivity contribution is -0.385. The molecule has 0 saturated carbocycles. The number of benzene rings is 1. The van der Waals surface area contributed by atoms with Crippen LogP contribution in [0.3, 0.4) is 0 Å². The smallest absolute Gasteiger partial charge is 0.273 e. The fourth-order valence-electron chi connectivity index (χ4n) is 2.61. The molecule has 1 aromatic rings. The first-order valence-corrected chi connectivity index (χ1v) is 6.61. The van der Waals surface area contributed by atoms with Gasteiger partial charge in [0.1, 0.15) is 6.17 Å². The summed E-state index contributed by atoms with van der Waals surface area (Å²) in [5, 5.41) is 11.0. The van der Waals surface area contributed by atoms with E-state index >= 15 is 0 Å². The highest BCUT2D eigenvalue weighted by molar-refractivity contribution is 8.01. The third-order valence-corrected chi connectivity index (χ3v) is 5.21. The molecule has 1 spiro atoms. The number of hydrogen-bond acceptors (Lipinski definition) is 4. The van der Waals surface area contributed by atoms with E-state index in [-0.39, 0.29) is 17.2 Å². The zero-order valence-corrected chi connectivity index (χ0v) is 10.4. The number of thioether (sulfide) groups is 1. The van der Waals surface area contributed by atoms with Gasteiger partial charge in [0, 0.05) is 23.1 Å². The van der Waals surface area contributed by atoms with Gasteiger partial charge in [-0.2, -0.15) is 0 Å². The standard InChI is InChI=1S/C12H12FNO3S/c13-11-7-17-5-4-12(11)6-8-9(14(15)16)2-1-3-10(8)18-12/h1-3,11H,4-7H2. The van der Waals surface area contributed by atoms with Crippen LogP contribution in [0.25, 0.3) is 0 Å². The summed E-state index contributed by atoms with van der Waals surface area (Å²) in [4.78, 5) is 11.4. The van der Waals surface area contributed by atoms with Crippen LogP contribution in [0.1, 0.15) is 12.0 Å². The lowest BCUT2D eigenvalue weighted by Gasteiger charge is -2.35. The van der Waals surface area contributed by atoms with Crippen molar-refractivity contribution >= 4 is 17.4 Å². The van der Waals surface area contributed by atoms with E-state index in [4.69, 9.17) is 4.74 Å². The molecule has 0 bridgehead atoms. The lowest BCUT2D eigenvalue weighted by Crippen LogP contribution is -2.44. The molecule has 2 heterocycles. The molecule has 2 aliphatic rings. The molecule has 96 valence electrons. The lowest BCUT2D eigenvalue weighted by atomic mass is 9.90. The summed E-state index contributed by atoms with van der Waals surface area (Å²) >= 11 is 1.44. The second-order valence-corrected chi connectivity index (χ2v) is 6.10. The van der Waals surface area contributed by atoms with Gasteiger partial charge in [-0.05, 0) is 18.9 Å². The number of ether oxygens (including phenoxy) is 1. The molecule has 1 saturated heterocycles. The van der Waals surface area contributed by atoms with Crippen LogP contribution in [0.2, 0.25) is 0 Å². The van der Waals surface area contributed by atoms with E-state index in [9.17, 15) is 14.5 Å². The third-order valence-electron chi connectivity index (χ3n) is 3.60. The molecule has 0 aromatic heterocycles. The van der Waals surface area contributed by atoms with Crippen molar-refractivity contribution in [3.8, 4) is 0 Å². The highest BCUT2D eigenvalue weighted by Gasteiger charge is 2.49. The predicted octanol–water partition coefficient (Wildman–Crippen LogP) is 2.74. The average molecular weight is 269 g/mol. The normalized spacial score (nSPS) is 30.4. The van der Waals surface area contributed by atoms with Crippen molar-refractivity contribution in [2.24, 2.45) is 0 Å². The molecule has 3 rings (SSSR count). The SMILES string of the molecule is O=[N+]([O-])c1cccc2c1CC1(CCOCC1F)S2. The van der Waals surface area contributed by atoms with Gasteiger partial charge in [0.2, 0.25) is 0 Å². The van der Waals surface area contributed by atoms with Crippen molar-refractivity contribution in [3.05, 3.63) is 33.9 Å². The molecule has 2 atom stereocenters. The Morgan fingerprint density at radius 2 is 2.39 bits per heavy atom. The van der Waals surface area contributed by atoms with E-state index in [0.29, 0.717) is 25.0 Å². The number of alkyl halides is 1. The zero-order valence-electron chi connectivity index (χ0n) is 9.60. The summed E-state index contributed by atoms with van der Waals surface area (Å²) in [6.45, 7) is 0.615. The second-order valence-electron chi connectivity index (χ2n) is 4.65. The summed E-state index contributed by atoms with van der Waals surface area (Å²) in [5.74, 6) is 0. The first kappa shape index (κ1) is 11.9. The maximum atomic E-state index is 14.1. The third kappa shape index (κ3) is 1.71. The Labute approximate surface area is 108 Å². The van der Waals surface area contributed by atoms with E-state index in [1.807, 2.05) is 6.07 Å². The fourth-order valence-corrected chi connectivity index (χ4v) is 4.09. The quantitative estimate of drug-likeness (QED) is 0.581. The molecule has 1 aromatic carbocycles. The Morgan fingerprint density at radius 1 is 1.56 bits per heavy atom. The van der Waals surface area contributed by atoms with Gasteiger partial charge in [-0.3, -0.25) is 10.1 Å². The van der Waals surface area contributed by atoms with Crippen LogP contribution >= 0.6 is 11.8 Å². The number of hydrogen-bond donors (Lipinski definition) is 0. The van der Waals surface area contributed by atoms with Crippen molar-refractivity contribution < 1.29 is 14.1 Å². The molecule has 18 heavy (non-hydrogen) atoms. The monoisotopic (exact) mass is 269 g/mol. The van der Waals surface area contributed by atoms with E-state index in [1.54, 1.807) is 6.07 Å². The van der Waals surface area contributed by atoms with Gasteiger partial charge >= 0.3 is 0 Å². The van der Waals surface area contributed by atoms with Crippen molar-refractivity contribution in [2.45, 2.75) is 28.7 Å². The van der Waals surface area contributed by atoms with Crippen molar-refractivity contribution in [1.82, 2.24) is 0 Å². The molecule has 0 aliphatic carbocycles. The first-order chi connectivity index (χ1) is 8.62. The van der Waals surface area contributed by atoms with E-state index in [2.05, 4.69) is 0 Å². The molecule has 0 amide bonds. The van der Waals surface area contributed by atoms with Gasteiger partial charge < -0.3 is 4.74 Å². The second kappa shape index (κ2) is 4.20. The van der Waals surface area contributed by atoms with Crippen LogP contribution in [0.5, 0.6) is 0 Å².